The van der Waals surface area contributed by atoms with Gasteiger partial charge in [0, 0.05) is 5.54 Å². The van der Waals surface area contributed by atoms with Crippen molar-refractivity contribution < 1.29 is 9.84 Å². The molecule has 0 aromatic heterocycles. The van der Waals surface area contributed by atoms with Crippen molar-refractivity contribution in [2.75, 3.05) is 6.61 Å². The number of rotatable bonds is 5. The largest absolute Gasteiger partial charge is 0.390 e. The summed E-state index contributed by atoms with van der Waals surface area (Å²) in [6.45, 7) is 4.73. The number of aliphatic hydroxyl groups excluding tert-OH is 1. The summed E-state index contributed by atoms with van der Waals surface area (Å²) in [5, 5.41) is 9.57. The monoisotopic (exact) mass is 201 g/mol. The topological polar surface area (TPSA) is 55.5 Å². The van der Waals surface area contributed by atoms with Crippen LogP contribution in [0.25, 0.3) is 0 Å². The smallest absolute Gasteiger partial charge is 0.0834 e. The number of ether oxygens (including phenoxy) is 1. The lowest BCUT2D eigenvalue weighted by molar-refractivity contribution is -0.0385. The van der Waals surface area contributed by atoms with E-state index >= 15 is 0 Å². The van der Waals surface area contributed by atoms with Gasteiger partial charge in [-0.25, -0.2) is 0 Å². The molecule has 3 N–H and O–H groups in total. The van der Waals surface area contributed by atoms with Gasteiger partial charge in [0.2, 0.25) is 0 Å². The van der Waals surface area contributed by atoms with E-state index in [4.69, 9.17) is 10.5 Å². The molecular formula is C11H23NO2. The Labute approximate surface area is 86.6 Å². The fourth-order valence-corrected chi connectivity index (χ4v) is 1.83. The van der Waals surface area contributed by atoms with E-state index in [1.807, 2.05) is 0 Å². The Kier molecular flexibility index (Phi) is 4.35. The molecule has 1 saturated carbocycles. The zero-order valence-corrected chi connectivity index (χ0v) is 9.33. The molecule has 2 unspecified atom stereocenters. The Morgan fingerprint density at radius 3 is 2.43 bits per heavy atom. The molecule has 14 heavy (non-hydrogen) atoms. The summed E-state index contributed by atoms with van der Waals surface area (Å²) in [5.41, 5.74) is 5.91. The Morgan fingerprint density at radius 1 is 1.36 bits per heavy atom. The van der Waals surface area contributed by atoms with Crippen LogP contribution in [0, 0.1) is 0 Å². The minimum Gasteiger partial charge on any atom is -0.390 e. The Morgan fingerprint density at radius 2 is 2.00 bits per heavy atom. The number of hydrogen-bond acceptors (Lipinski definition) is 3. The molecule has 1 rings (SSSR count). The molecule has 2 atom stereocenters. The predicted octanol–water partition coefficient (Wildman–Crippen LogP) is 1.43. The van der Waals surface area contributed by atoms with Crippen molar-refractivity contribution in [2.45, 2.75) is 63.7 Å². The molecule has 1 aliphatic carbocycles. The van der Waals surface area contributed by atoms with Crippen molar-refractivity contribution in [1.82, 2.24) is 0 Å². The van der Waals surface area contributed by atoms with Crippen LogP contribution in [-0.4, -0.2) is 29.5 Å². The van der Waals surface area contributed by atoms with Crippen molar-refractivity contribution in [3.8, 4) is 0 Å². The van der Waals surface area contributed by atoms with E-state index in [9.17, 15) is 5.11 Å². The first kappa shape index (κ1) is 12.0. The third-order valence-electron chi connectivity index (χ3n) is 3.41. The van der Waals surface area contributed by atoms with Gasteiger partial charge in [-0.2, -0.15) is 0 Å². The third-order valence-corrected chi connectivity index (χ3v) is 3.41. The van der Waals surface area contributed by atoms with E-state index in [1.54, 1.807) is 0 Å². The highest BCUT2D eigenvalue weighted by Gasteiger charge is 2.29. The predicted molar refractivity (Wildman–Crippen MR) is 57.1 cm³/mol. The zero-order chi connectivity index (χ0) is 10.6. The van der Waals surface area contributed by atoms with Gasteiger partial charge in [0.25, 0.3) is 0 Å². The minimum atomic E-state index is -0.270. The molecule has 0 aromatic carbocycles. The van der Waals surface area contributed by atoms with E-state index in [2.05, 4.69) is 13.8 Å². The lowest BCUT2D eigenvalue weighted by atomic mass is 9.95. The van der Waals surface area contributed by atoms with Crippen molar-refractivity contribution >= 4 is 0 Å². The normalized spacial score (nSPS) is 28.3. The lowest BCUT2D eigenvalue weighted by Crippen LogP contribution is -2.45. The van der Waals surface area contributed by atoms with Gasteiger partial charge in [-0.15, -0.1) is 0 Å². The summed E-state index contributed by atoms with van der Waals surface area (Å²) in [7, 11) is 0. The van der Waals surface area contributed by atoms with Crippen molar-refractivity contribution in [3.05, 3.63) is 0 Å². The summed E-state index contributed by atoms with van der Waals surface area (Å²) >= 11 is 0. The van der Waals surface area contributed by atoms with Gasteiger partial charge in [-0.05, 0) is 32.1 Å². The standard InChI is InChI=1S/C11H23NO2/c1-3-11(12,4-2)8-14-10-7-5-6-9(10)13/h9-10,13H,3-8,12H2,1-2H3. The van der Waals surface area contributed by atoms with Crippen LogP contribution in [0.5, 0.6) is 0 Å². The second-order valence-corrected chi connectivity index (χ2v) is 4.42. The average molecular weight is 201 g/mol. The average Bonchev–Trinajstić information content (AvgIpc) is 2.61. The summed E-state index contributed by atoms with van der Waals surface area (Å²) in [6.07, 6.45) is 4.52. The molecule has 0 saturated heterocycles. The van der Waals surface area contributed by atoms with Gasteiger partial charge in [0.05, 0.1) is 18.8 Å². The van der Waals surface area contributed by atoms with E-state index in [-0.39, 0.29) is 17.7 Å². The molecule has 0 bridgehead atoms. The molecular weight excluding hydrogens is 178 g/mol. The zero-order valence-electron chi connectivity index (χ0n) is 9.33. The maximum absolute atomic E-state index is 9.57. The highest BCUT2D eigenvalue weighted by molar-refractivity contribution is 4.83. The van der Waals surface area contributed by atoms with Gasteiger partial charge >= 0.3 is 0 Å². The van der Waals surface area contributed by atoms with E-state index in [0.29, 0.717) is 6.61 Å². The van der Waals surface area contributed by atoms with Gasteiger partial charge in [0.1, 0.15) is 0 Å². The fourth-order valence-electron chi connectivity index (χ4n) is 1.83. The SMILES string of the molecule is CCC(N)(CC)COC1CCCC1O. The molecule has 0 heterocycles. The van der Waals surface area contributed by atoms with E-state index in [0.717, 1.165) is 32.1 Å². The minimum absolute atomic E-state index is 0.0241. The van der Waals surface area contributed by atoms with Crippen molar-refractivity contribution in [2.24, 2.45) is 5.73 Å². The third kappa shape index (κ3) is 2.94. The van der Waals surface area contributed by atoms with Crippen molar-refractivity contribution in [1.29, 1.82) is 0 Å². The molecule has 1 aliphatic rings. The molecule has 0 radical (unpaired) electrons. The molecule has 0 spiro atoms. The maximum atomic E-state index is 9.57. The quantitative estimate of drug-likeness (QED) is 0.707. The first-order chi connectivity index (χ1) is 6.61. The van der Waals surface area contributed by atoms with Crippen molar-refractivity contribution in [3.63, 3.8) is 0 Å². The summed E-state index contributed by atoms with van der Waals surface area (Å²) < 4.78 is 5.69. The van der Waals surface area contributed by atoms with Crippen LogP contribution in [-0.2, 0) is 4.74 Å². The van der Waals surface area contributed by atoms with Crippen LogP contribution in [0.3, 0.4) is 0 Å². The summed E-state index contributed by atoms with van der Waals surface area (Å²) in [5.74, 6) is 0. The molecule has 3 nitrogen and oxygen atoms in total. The summed E-state index contributed by atoms with van der Waals surface area (Å²) in [4.78, 5) is 0. The van der Waals surface area contributed by atoms with Gasteiger partial charge < -0.3 is 15.6 Å². The number of nitrogens with two attached hydrogens (primary N) is 1. The lowest BCUT2D eigenvalue weighted by Gasteiger charge is -2.28. The van der Waals surface area contributed by atoms with E-state index < -0.39 is 0 Å². The number of aliphatic hydroxyl groups is 1. The van der Waals surface area contributed by atoms with E-state index in [1.165, 1.54) is 0 Å². The molecule has 84 valence electrons. The van der Waals surface area contributed by atoms with Gasteiger partial charge in [-0.3, -0.25) is 0 Å². The van der Waals surface area contributed by atoms with Crippen LogP contribution in [0.2, 0.25) is 0 Å². The Hall–Kier alpha value is -0.120. The van der Waals surface area contributed by atoms with Crippen LogP contribution < -0.4 is 5.73 Å². The maximum Gasteiger partial charge on any atom is 0.0834 e. The van der Waals surface area contributed by atoms with Crippen LogP contribution in [0.4, 0.5) is 0 Å². The van der Waals surface area contributed by atoms with Crippen LogP contribution in [0.15, 0.2) is 0 Å². The molecule has 3 heteroatoms. The Bertz CT molecular complexity index is 169. The molecule has 1 fully saturated rings. The Balaban J connectivity index is 2.31. The van der Waals surface area contributed by atoms with Gasteiger partial charge in [-0.1, -0.05) is 13.8 Å². The first-order valence-electron chi connectivity index (χ1n) is 5.70. The molecule has 0 aromatic rings. The first-order valence-corrected chi connectivity index (χ1v) is 5.70. The number of hydrogen-bond donors (Lipinski definition) is 2. The highest BCUT2D eigenvalue weighted by Crippen LogP contribution is 2.23. The van der Waals surface area contributed by atoms with Gasteiger partial charge in [0.15, 0.2) is 0 Å². The summed E-state index contributed by atoms with van der Waals surface area (Å²) in [6, 6.07) is 0. The fraction of sp³-hybridized carbons (Fsp3) is 1.00. The molecule has 0 amide bonds. The molecule has 0 aliphatic heterocycles. The second kappa shape index (κ2) is 5.10. The highest BCUT2D eigenvalue weighted by atomic mass is 16.5. The van der Waals surface area contributed by atoms with Crippen LogP contribution in [0.1, 0.15) is 46.0 Å². The second-order valence-electron chi connectivity index (χ2n) is 4.42. The van der Waals surface area contributed by atoms with Crippen LogP contribution >= 0.6 is 0 Å².